The molecule has 3 rings (SSSR count). The number of hydrogen-bond donors (Lipinski definition) is 1. The predicted molar refractivity (Wildman–Crippen MR) is 96.2 cm³/mol. The van der Waals surface area contributed by atoms with Crippen molar-refractivity contribution in [3.8, 4) is 17.1 Å². The van der Waals surface area contributed by atoms with E-state index in [1.165, 1.54) is 0 Å². The van der Waals surface area contributed by atoms with E-state index in [1.807, 2.05) is 26.0 Å². The van der Waals surface area contributed by atoms with Crippen molar-refractivity contribution in [3.63, 3.8) is 0 Å². The zero-order chi connectivity index (χ0) is 18.7. The lowest BCUT2D eigenvalue weighted by Crippen LogP contribution is -2.23. The predicted octanol–water partition coefficient (Wildman–Crippen LogP) is 2.84. The van der Waals surface area contributed by atoms with Crippen LogP contribution in [0.3, 0.4) is 0 Å². The number of hydrogen-bond acceptors (Lipinski definition) is 6. The van der Waals surface area contributed by atoms with Crippen LogP contribution in [-0.4, -0.2) is 25.7 Å². The summed E-state index contributed by atoms with van der Waals surface area (Å²) in [6.07, 6.45) is 0. The molecule has 0 aliphatic heterocycles. The van der Waals surface area contributed by atoms with Gasteiger partial charge in [0.1, 0.15) is 5.75 Å². The minimum atomic E-state index is -3.67. The molecule has 7 nitrogen and oxygen atoms in total. The van der Waals surface area contributed by atoms with Gasteiger partial charge in [-0.1, -0.05) is 23.4 Å². The smallest absolute Gasteiger partial charge is 0.242 e. The third kappa shape index (κ3) is 3.76. The monoisotopic (exact) mass is 373 g/mol. The summed E-state index contributed by atoms with van der Waals surface area (Å²) in [5.41, 5.74) is 2.61. The molecule has 3 aromatic rings. The maximum atomic E-state index is 12.4. The molecule has 0 amide bonds. The average molecular weight is 373 g/mol. The van der Waals surface area contributed by atoms with Gasteiger partial charge in [0, 0.05) is 0 Å². The van der Waals surface area contributed by atoms with Gasteiger partial charge in [-0.3, -0.25) is 0 Å². The van der Waals surface area contributed by atoms with Crippen molar-refractivity contribution in [1.29, 1.82) is 0 Å². The molecular formula is C18H19N3O4S. The Kier molecular flexibility index (Phi) is 5.06. The van der Waals surface area contributed by atoms with Crippen LogP contribution in [0.1, 0.15) is 17.0 Å². The molecule has 0 bridgehead atoms. The molecule has 0 aliphatic carbocycles. The molecule has 0 unspecified atom stereocenters. The molecule has 1 N–H and O–H groups in total. The maximum absolute atomic E-state index is 12.4. The van der Waals surface area contributed by atoms with Gasteiger partial charge in [-0.05, 0) is 49.2 Å². The van der Waals surface area contributed by atoms with Crippen molar-refractivity contribution in [2.24, 2.45) is 0 Å². The normalized spacial score (nSPS) is 11.5. The summed E-state index contributed by atoms with van der Waals surface area (Å²) in [6, 6.07) is 12.2. The fourth-order valence-corrected chi connectivity index (χ4v) is 3.45. The quantitative estimate of drug-likeness (QED) is 0.714. The highest BCUT2D eigenvalue weighted by molar-refractivity contribution is 7.89. The van der Waals surface area contributed by atoms with Crippen molar-refractivity contribution in [1.82, 2.24) is 14.9 Å². The second-order valence-corrected chi connectivity index (χ2v) is 7.55. The third-order valence-corrected chi connectivity index (χ3v) is 5.42. The number of nitrogens with zero attached hydrogens (tertiary/aromatic N) is 2. The van der Waals surface area contributed by atoms with Crippen LogP contribution < -0.4 is 9.46 Å². The van der Waals surface area contributed by atoms with Gasteiger partial charge in [0.2, 0.25) is 21.7 Å². The molecule has 0 atom stereocenters. The summed E-state index contributed by atoms with van der Waals surface area (Å²) in [4.78, 5) is 4.43. The first kappa shape index (κ1) is 18.1. The second-order valence-electron chi connectivity index (χ2n) is 5.78. The van der Waals surface area contributed by atoms with Gasteiger partial charge in [0.25, 0.3) is 0 Å². The molecule has 1 aromatic heterocycles. The van der Waals surface area contributed by atoms with Gasteiger partial charge in [-0.25, -0.2) is 13.1 Å². The van der Waals surface area contributed by atoms with Crippen LogP contribution in [0.4, 0.5) is 0 Å². The van der Waals surface area contributed by atoms with Crippen LogP contribution in [0.15, 0.2) is 51.9 Å². The van der Waals surface area contributed by atoms with E-state index in [4.69, 9.17) is 9.26 Å². The molecule has 0 saturated heterocycles. The Hall–Kier alpha value is -2.71. The lowest BCUT2D eigenvalue weighted by molar-refractivity contribution is 0.375. The fourth-order valence-electron chi connectivity index (χ4n) is 2.39. The van der Waals surface area contributed by atoms with Gasteiger partial charge in [0.05, 0.1) is 24.1 Å². The molecule has 26 heavy (non-hydrogen) atoms. The minimum Gasteiger partial charge on any atom is -0.496 e. The Morgan fingerprint density at radius 3 is 2.62 bits per heavy atom. The Morgan fingerprint density at radius 2 is 1.88 bits per heavy atom. The first-order valence-electron chi connectivity index (χ1n) is 7.93. The van der Waals surface area contributed by atoms with Crippen molar-refractivity contribution < 1.29 is 17.7 Å². The average Bonchev–Trinajstić information content (AvgIpc) is 3.11. The number of para-hydroxylation sites is 1. The number of rotatable bonds is 6. The molecule has 0 saturated carbocycles. The van der Waals surface area contributed by atoms with Crippen molar-refractivity contribution in [2.75, 3.05) is 7.11 Å². The molecule has 2 aromatic carbocycles. The minimum absolute atomic E-state index is 0.0998. The summed E-state index contributed by atoms with van der Waals surface area (Å²) in [5.74, 6) is 1.11. The number of aromatic nitrogens is 2. The zero-order valence-corrected chi connectivity index (χ0v) is 15.5. The van der Waals surface area contributed by atoms with E-state index < -0.39 is 10.0 Å². The van der Waals surface area contributed by atoms with Gasteiger partial charge in [-0.15, -0.1) is 0 Å². The maximum Gasteiger partial charge on any atom is 0.242 e. The largest absolute Gasteiger partial charge is 0.496 e. The molecule has 0 aliphatic rings. The summed E-state index contributed by atoms with van der Waals surface area (Å²) in [5, 5.41) is 3.89. The van der Waals surface area contributed by atoms with E-state index in [-0.39, 0.29) is 17.3 Å². The Balaban J connectivity index is 1.76. The van der Waals surface area contributed by atoms with E-state index in [1.54, 1.807) is 37.4 Å². The molecule has 0 radical (unpaired) electrons. The highest BCUT2D eigenvalue weighted by atomic mass is 32.2. The van der Waals surface area contributed by atoms with Crippen LogP contribution in [0.25, 0.3) is 11.4 Å². The fraction of sp³-hybridized carbons (Fsp3) is 0.222. The number of aryl methyl sites for hydroxylation is 2. The molecule has 0 fully saturated rings. The highest BCUT2D eigenvalue weighted by Gasteiger charge is 2.18. The van der Waals surface area contributed by atoms with E-state index in [9.17, 15) is 8.42 Å². The number of ether oxygens (including phenoxy) is 1. The number of nitrogens with one attached hydrogen (secondary N) is 1. The summed E-state index contributed by atoms with van der Waals surface area (Å²) < 4.78 is 37.7. The Bertz CT molecular complexity index is 1030. The topological polar surface area (TPSA) is 94.3 Å². The number of benzene rings is 2. The second kappa shape index (κ2) is 7.27. The summed E-state index contributed by atoms with van der Waals surface area (Å²) >= 11 is 0. The Labute approximate surface area is 152 Å². The van der Waals surface area contributed by atoms with Crippen LogP contribution in [0, 0.1) is 13.8 Å². The molecular weight excluding hydrogens is 354 g/mol. The van der Waals surface area contributed by atoms with E-state index in [2.05, 4.69) is 14.9 Å². The van der Waals surface area contributed by atoms with Crippen LogP contribution in [-0.2, 0) is 16.6 Å². The van der Waals surface area contributed by atoms with Crippen LogP contribution >= 0.6 is 0 Å². The first-order valence-corrected chi connectivity index (χ1v) is 9.42. The SMILES string of the molecule is COc1ccccc1-c1noc(CNS(=O)(=O)c2ccc(C)c(C)c2)n1. The Morgan fingerprint density at radius 1 is 1.12 bits per heavy atom. The lowest BCUT2D eigenvalue weighted by Gasteiger charge is -2.07. The van der Waals surface area contributed by atoms with E-state index >= 15 is 0 Å². The van der Waals surface area contributed by atoms with Crippen molar-refractivity contribution >= 4 is 10.0 Å². The van der Waals surface area contributed by atoms with Gasteiger partial charge in [-0.2, -0.15) is 4.98 Å². The van der Waals surface area contributed by atoms with Gasteiger partial charge >= 0.3 is 0 Å². The van der Waals surface area contributed by atoms with E-state index in [0.29, 0.717) is 17.1 Å². The summed E-state index contributed by atoms with van der Waals surface area (Å²) in [7, 11) is -2.12. The zero-order valence-electron chi connectivity index (χ0n) is 14.7. The van der Waals surface area contributed by atoms with Crippen molar-refractivity contribution in [3.05, 3.63) is 59.5 Å². The van der Waals surface area contributed by atoms with Gasteiger partial charge in [0.15, 0.2) is 0 Å². The lowest BCUT2D eigenvalue weighted by atomic mass is 10.1. The van der Waals surface area contributed by atoms with E-state index in [0.717, 1.165) is 11.1 Å². The molecule has 136 valence electrons. The first-order chi connectivity index (χ1) is 12.4. The summed E-state index contributed by atoms with van der Waals surface area (Å²) in [6.45, 7) is 3.69. The number of methoxy groups -OCH3 is 1. The molecule has 8 heteroatoms. The standard InChI is InChI=1S/C18H19N3O4S/c1-12-8-9-14(10-13(12)2)26(22,23)19-11-17-20-18(21-25-17)15-6-4-5-7-16(15)24-3/h4-10,19H,11H2,1-3H3. The number of sulfonamides is 1. The highest BCUT2D eigenvalue weighted by Crippen LogP contribution is 2.27. The van der Waals surface area contributed by atoms with Crippen LogP contribution in [0.5, 0.6) is 5.75 Å². The molecule has 1 heterocycles. The van der Waals surface area contributed by atoms with Crippen LogP contribution in [0.2, 0.25) is 0 Å². The third-order valence-electron chi connectivity index (χ3n) is 4.02. The van der Waals surface area contributed by atoms with Gasteiger partial charge < -0.3 is 9.26 Å². The van der Waals surface area contributed by atoms with Crippen molar-refractivity contribution in [2.45, 2.75) is 25.3 Å². The molecule has 0 spiro atoms.